The molecule has 0 saturated carbocycles. The van der Waals surface area contributed by atoms with Gasteiger partial charge in [-0.2, -0.15) is 0 Å². The Morgan fingerprint density at radius 2 is 1.80 bits per heavy atom. The Labute approximate surface area is 121 Å². The van der Waals surface area contributed by atoms with E-state index in [1.165, 1.54) is 11.1 Å². The summed E-state index contributed by atoms with van der Waals surface area (Å²) in [5, 5.41) is 3.24. The molecule has 0 aromatic heterocycles. The van der Waals surface area contributed by atoms with Gasteiger partial charge in [0.25, 0.3) is 0 Å². The Hall–Kier alpha value is -1.39. The van der Waals surface area contributed by atoms with E-state index in [9.17, 15) is 4.79 Å². The monoisotopic (exact) mass is 275 g/mol. The van der Waals surface area contributed by atoms with E-state index in [0.29, 0.717) is 6.54 Å². The first-order chi connectivity index (χ1) is 9.69. The number of likely N-dealkylation sites (N-methyl/N-ethyl adjacent to an activating group) is 1. The minimum absolute atomic E-state index is 0.216. The van der Waals surface area contributed by atoms with Crippen LogP contribution in [0.15, 0.2) is 24.3 Å². The fraction of sp³-hybridized carbons (Fsp3) is 0.562. The van der Waals surface area contributed by atoms with Crippen molar-refractivity contribution in [3.63, 3.8) is 0 Å². The molecule has 0 aliphatic carbocycles. The number of amides is 1. The van der Waals surface area contributed by atoms with E-state index < -0.39 is 0 Å². The lowest BCUT2D eigenvalue weighted by molar-refractivity contribution is -0.131. The maximum absolute atomic E-state index is 12.1. The lowest BCUT2D eigenvalue weighted by Gasteiger charge is -2.34. The molecule has 0 atom stereocenters. The van der Waals surface area contributed by atoms with Crippen molar-refractivity contribution in [1.82, 2.24) is 15.1 Å². The molecule has 20 heavy (non-hydrogen) atoms. The topological polar surface area (TPSA) is 35.6 Å². The molecule has 4 heteroatoms. The van der Waals surface area contributed by atoms with Gasteiger partial charge in [0.05, 0.1) is 6.54 Å². The molecule has 0 unspecified atom stereocenters. The highest BCUT2D eigenvalue weighted by atomic mass is 16.2. The van der Waals surface area contributed by atoms with E-state index in [2.05, 4.69) is 48.3 Å². The molecule has 1 heterocycles. The van der Waals surface area contributed by atoms with E-state index in [0.717, 1.165) is 39.3 Å². The predicted octanol–water partition coefficient (Wildman–Crippen LogP) is 1.25. The van der Waals surface area contributed by atoms with E-state index in [1.54, 1.807) is 0 Å². The molecule has 1 N–H and O–H groups in total. The molecule has 1 saturated heterocycles. The summed E-state index contributed by atoms with van der Waals surface area (Å²) in [6, 6.07) is 8.41. The molecular formula is C16H25N3O. The van der Waals surface area contributed by atoms with Crippen molar-refractivity contribution in [2.45, 2.75) is 20.4 Å². The van der Waals surface area contributed by atoms with Gasteiger partial charge in [-0.25, -0.2) is 0 Å². The van der Waals surface area contributed by atoms with Crippen LogP contribution in [0.4, 0.5) is 0 Å². The van der Waals surface area contributed by atoms with Crippen LogP contribution < -0.4 is 5.32 Å². The number of nitrogens with zero attached hydrogens (tertiary/aromatic N) is 2. The SMILES string of the molecule is CCN1CCN(C(=O)CNCc2ccc(C)cc2)CC1. The van der Waals surface area contributed by atoms with Crippen LogP contribution in [0.5, 0.6) is 0 Å². The number of rotatable bonds is 5. The van der Waals surface area contributed by atoms with Crippen LogP contribution in [0.2, 0.25) is 0 Å². The van der Waals surface area contributed by atoms with Crippen LogP contribution in [0.1, 0.15) is 18.1 Å². The molecule has 110 valence electrons. The zero-order valence-electron chi connectivity index (χ0n) is 12.6. The second kappa shape index (κ2) is 7.41. The Kier molecular flexibility index (Phi) is 5.56. The molecule has 1 aromatic rings. The Morgan fingerprint density at radius 3 is 2.40 bits per heavy atom. The first-order valence-electron chi connectivity index (χ1n) is 7.45. The molecule has 0 spiro atoms. The molecule has 1 fully saturated rings. The molecule has 4 nitrogen and oxygen atoms in total. The van der Waals surface area contributed by atoms with Crippen LogP contribution in [0, 0.1) is 6.92 Å². The van der Waals surface area contributed by atoms with Crippen molar-refractivity contribution in [3.05, 3.63) is 35.4 Å². The van der Waals surface area contributed by atoms with E-state index in [4.69, 9.17) is 0 Å². The summed E-state index contributed by atoms with van der Waals surface area (Å²) in [5.74, 6) is 0.216. The van der Waals surface area contributed by atoms with Crippen LogP contribution in [0.3, 0.4) is 0 Å². The fourth-order valence-corrected chi connectivity index (χ4v) is 2.45. The maximum atomic E-state index is 12.1. The molecule has 1 amide bonds. The van der Waals surface area contributed by atoms with Crippen molar-refractivity contribution in [3.8, 4) is 0 Å². The van der Waals surface area contributed by atoms with Crippen molar-refractivity contribution in [2.75, 3.05) is 39.3 Å². The van der Waals surface area contributed by atoms with Gasteiger partial charge in [-0.05, 0) is 19.0 Å². The van der Waals surface area contributed by atoms with E-state index in [-0.39, 0.29) is 5.91 Å². The molecular weight excluding hydrogens is 250 g/mol. The van der Waals surface area contributed by atoms with Crippen LogP contribution >= 0.6 is 0 Å². The van der Waals surface area contributed by atoms with Gasteiger partial charge in [-0.1, -0.05) is 36.8 Å². The summed E-state index contributed by atoms with van der Waals surface area (Å²) in [7, 11) is 0. The highest BCUT2D eigenvalue weighted by molar-refractivity contribution is 5.78. The number of hydrogen-bond donors (Lipinski definition) is 1. The van der Waals surface area contributed by atoms with Gasteiger partial charge in [-0.15, -0.1) is 0 Å². The third-order valence-electron chi connectivity index (χ3n) is 3.90. The van der Waals surface area contributed by atoms with Crippen molar-refractivity contribution in [2.24, 2.45) is 0 Å². The number of benzene rings is 1. The van der Waals surface area contributed by atoms with Gasteiger partial charge >= 0.3 is 0 Å². The van der Waals surface area contributed by atoms with Gasteiger partial charge in [0.15, 0.2) is 0 Å². The second-order valence-corrected chi connectivity index (χ2v) is 5.40. The quantitative estimate of drug-likeness (QED) is 0.878. The zero-order valence-corrected chi connectivity index (χ0v) is 12.6. The molecule has 1 aromatic carbocycles. The minimum atomic E-state index is 0.216. The molecule has 1 aliphatic rings. The summed E-state index contributed by atoms with van der Waals surface area (Å²) in [4.78, 5) is 16.4. The largest absolute Gasteiger partial charge is 0.339 e. The van der Waals surface area contributed by atoms with Gasteiger partial charge in [0, 0.05) is 32.7 Å². The number of aryl methyl sites for hydroxylation is 1. The van der Waals surface area contributed by atoms with Crippen LogP contribution in [-0.2, 0) is 11.3 Å². The maximum Gasteiger partial charge on any atom is 0.236 e. The fourth-order valence-electron chi connectivity index (χ4n) is 2.45. The van der Waals surface area contributed by atoms with Gasteiger partial charge in [0.2, 0.25) is 5.91 Å². The summed E-state index contributed by atoms with van der Waals surface area (Å²) >= 11 is 0. The molecule has 0 radical (unpaired) electrons. The Morgan fingerprint density at radius 1 is 1.15 bits per heavy atom. The van der Waals surface area contributed by atoms with Gasteiger partial charge in [-0.3, -0.25) is 4.79 Å². The van der Waals surface area contributed by atoms with Gasteiger partial charge in [0.1, 0.15) is 0 Å². The first kappa shape index (κ1) is 15.0. The highest BCUT2D eigenvalue weighted by Crippen LogP contribution is 2.03. The number of hydrogen-bond acceptors (Lipinski definition) is 3. The highest BCUT2D eigenvalue weighted by Gasteiger charge is 2.19. The number of nitrogens with one attached hydrogen (secondary N) is 1. The van der Waals surface area contributed by atoms with Crippen molar-refractivity contribution >= 4 is 5.91 Å². The Bertz CT molecular complexity index is 422. The summed E-state index contributed by atoms with van der Waals surface area (Å²) in [5.41, 5.74) is 2.48. The van der Waals surface area contributed by atoms with Crippen molar-refractivity contribution < 1.29 is 4.79 Å². The van der Waals surface area contributed by atoms with E-state index >= 15 is 0 Å². The average Bonchev–Trinajstić information content (AvgIpc) is 2.49. The number of carbonyl (C=O) groups excluding carboxylic acids is 1. The van der Waals surface area contributed by atoms with Crippen LogP contribution in [-0.4, -0.2) is 55.0 Å². The molecule has 1 aliphatic heterocycles. The van der Waals surface area contributed by atoms with Crippen molar-refractivity contribution in [1.29, 1.82) is 0 Å². The third-order valence-corrected chi connectivity index (χ3v) is 3.90. The third kappa shape index (κ3) is 4.32. The second-order valence-electron chi connectivity index (χ2n) is 5.40. The van der Waals surface area contributed by atoms with Gasteiger partial charge < -0.3 is 15.1 Å². The minimum Gasteiger partial charge on any atom is -0.339 e. The first-order valence-corrected chi connectivity index (χ1v) is 7.45. The zero-order chi connectivity index (χ0) is 14.4. The summed E-state index contributed by atoms with van der Waals surface area (Å²) in [6.45, 7) is 10.2. The van der Waals surface area contributed by atoms with E-state index in [1.807, 2.05) is 4.90 Å². The smallest absolute Gasteiger partial charge is 0.236 e. The van der Waals surface area contributed by atoms with Crippen LogP contribution in [0.25, 0.3) is 0 Å². The number of piperazine rings is 1. The normalized spacial score (nSPS) is 16.4. The Balaban J connectivity index is 1.69. The standard InChI is InChI=1S/C16H25N3O/c1-3-18-8-10-19(11-9-18)16(20)13-17-12-15-6-4-14(2)5-7-15/h4-7,17H,3,8-13H2,1-2H3. The predicted molar refractivity (Wildman–Crippen MR) is 81.6 cm³/mol. The lowest BCUT2D eigenvalue weighted by atomic mass is 10.1. The lowest BCUT2D eigenvalue weighted by Crippen LogP contribution is -2.50. The summed E-state index contributed by atoms with van der Waals surface area (Å²) < 4.78 is 0. The number of carbonyl (C=O) groups is 1. The molecule has 0 bridgehead atoms. The summed E-state index contributed by atoms with van der Waals surface area (Å²) in [6.07, 6.45) is 0. The molecule has 2 rings (SSSR count). The average molecular weight is 275 g/mol.